The highest BCUT2D eigenvalue weighted by molar-refractivity contribution is 5.75. The number of aliphatic carboxylic acids is 1. The molecule has 0 bridgehead atoms. The Morgan fingerprint density at radius 1 is 1.38 bits per heavy atom. The van der Waals surface area contributed by atoms with Crippen molar-refractivity contribution < 1.29 is 9.90 Å². The van der Waals surface area contributed by atoms with Gasteiger partial charge in [-0.15, -0.1) is 0 Å². The van der Waals surface area contributed by atoms with Gasteiger partial charge in [0.15, 0.2) is 0 Å². The van der Waals surface area contributed by atoms with E-state index in [1.54, 1.807) is 0 Å². The quantitative estimate of drug-likeness (QED) is 0.737. The lowest BCUT2D eigenvalue weighted by Gasteiger charge is -2.25. The number of carbonyl (C=O) groups is 1. The third-order valence-electron chi connectivity index (χ3n) is 3.48. The van der Waals surface area contributed by atoms with Crippen LogP contribution in [-0.4, -0.2) is 11.1 Å². The zero-order chi connectivity index (χ0) is 11.4. The highest BCUT2D eigenvalue weighted by Gasteiger charge is 2.35. The average molecular weight is 217 g/mol. The Kier molecular flexibility index (Phi) is 3.53. The van der Waals surface area contributed by atoms with E-state index in [1.165, 1.54) is 19.3 Å². The van der Waals surface area contributed by atoms with Crippen molar-refractivity contribution >= 4 is 5.97 Å². The molecule has 1 atom stereocenters. The summed E-state index contributed by atoms with van der Waals surface area (Å²) >= 11 is 0. The molecule has 1 unspecified atom stereocenters. The lowest BCUT2D eigenvalue weighted by molar-refractivity contribution is -0.142. The van der Waals surface area contributed by atoms with E-state index in [4.69, 9.17) is 0 Å². The number of allylic oxidation sites excluding steroid dienone is 5. The SMILES string of the molecule is O=C(O)C(C1=CC=C[C+]=C1)C1CCCCC1. The summed E-state index contributed by atoms with van der Waals surface area (Å²) in [7, 11) is 0. The van der Waals surface area contributed by atoms with Gasteiger partial charge in [-0.3, -0.25) is 4.79 Å². The number of hydrogen-bond donors (Lipinski definition) is 1. The molecule has 2 aliphatic rings. The van der Waals surface area contributed by atoms with Crippen molar-refractivity contribution in [2.24, 2.45) is 11.8 Å². The van der Waals surface area contributed by atoms with Gasteiger partial charge < -0.3 is 5.11 Å². The third-order valence-corrected chi connectivity index (χ3v) is 3.48. The summed E-state index contributed by atoms with van der Waals surface area (Å²) in [5.74, 6) is -0.716. The summed E-state index contributed by atoms with van der Waals surface area (Å²) < 4.78 is 0. The van der Waals surface area contributed by atoms with Gasteiger partial charge in [0.2, 0.25) is 0 Å². The van der Waals surface area contributed by atoms with Crippen LogP contribution in [0.5, 0.6) is 0 Å². The summed E-state index contributed by atoms with van der Waals surface area (Å²) in [5, 5.41) is 9.37. The minimum atomic E-state index is -0.688. The highest BCUT2D eigenvalue weighted by Crippen LogP contribution is 2.35. The largest absolute Gasteiger partial charge is 0.480 e. The van der Waals surface area contributed by atoms with E-state index in [0.29, 0.717) is 5.92 Å². The second-order valence-electron chi connectivity index (χ2n) is 4.55. The Morgan fingerprint density at radius 2 is 2.12 bits per heavy atom. The van der Waals surface area contributed by atoms with Crippen molar-refractivity contribution in [3.8, 4) is 0 Å². The molecule has 1 fully saturated rings. The van der Waals surface area contributed by atoms with Gasteiger partial charge >= 0.3 is 5.97 Å². The first-order valence-electron chi connectivity index (χ1n) is 5.98. The third kappa shape index (κ3) is 2.40. The molecular weight excluding hydrogens is 200 g/mol. The molecule has 0 aromatic carbocycles. The van der Waals surface area contributed by atoms with Crippen LogP contribution >= 0.6 is 0 Å². The molecule has 84 valence electrons. The van der Waals surface area contributed by atoms with E-state index in [1.807, 2.05) is 24.3 Å². The molecule has 16 heavy (non-hydrogen) atoms. The first kappa shape index (κ1) is 11.1. The van der Waals surface area contributed by atoms with Gasteiger partial charge in [-0.25, -0.2) is 0 Å². The van der Waals surface area contributed by atoms with Crippen molar-refractivity contribution in [2.45, 2.75) is 32.1 Å². The van der Waals surface area contributed by atoms with Crippen LogP contribution in [-0.2, 0) is 4.79 Å². The fraction of sp³-hybridized carbons (Fsp3) is 0.500. The molecule has 1 N–H and O–H groups in total. The van der Waals surface area contributed by atoms with Gasteiger partial charge in [0.05, 0.1) is 11.6 Å². The number of carboxylic acids is 1. The van der Waals surface area contributed by atoms with Gasteiger partial charge in [0.1, 0.15) is 18.1 Å². The molecule has 2 rings (SSSR count). The number of hydrogen-bond acceptors (Lipinski definition) is 1. The molecule has 0 aliphatic heterocycles. The predicted molar refractivity (Wildman–Crippen MR) is 62.7 cm³/mol. The predicted octanol–water partition coefficient (Wildman–Crippen LogP) is 3.12. The second-order valence-corrected chi connectivity index (χ2v) is 4.55. The molecule has 0 amide bonds. The van der Waals surface area contributed by atoms with Crippen molar-refractivity contribution in [3.63, 3.8) is 0 Å². The molecule has 0 aromatic heterocycles. The van der Waals surface area contributed by atoms with E-state index >= 15 is 0 Å². The number of rotatable bonds is 3. The molecule has 2 nitrogen and oxygen atoms in total. The molecule has 0 spiro atoms. The first-order valence-corrected chi connectivity index (χ1v) is 5.98. The van der Waals surface area contributed by atoms with E-state index in [9.17, 15) is 9.90 Å². The van der Waals surface area contributed by atoms with Crippen LogP contribution in [0.2, 0.25) is 0 Å². The maximum atomic E-state index is 11.4. The minimum absolute atomic E-state index is 0.307. The van der Waals surface area contributed by atoms with Crippen LogP contribution in [0.4, 0.5) is 0 Å². The molecule has 0 heterocycles. The van der Waals surface area contributed by atoms with Crippen LogP contribution in [0.3, 0.4) is 0 Å². The maximum Gasteiger partial charge on any atom is 0.324 e. The van der Waals surface area contributed by atoms with Crippen LogP contribution < -0.4 is 0 Å². The van der Waals surface area contributed by atoms with Crippen molar-refractivity contribution in [3.05, 3.63) is 36.0 Å². The van der Waals surface area contributed by atoms with Gasteiger partial charge in [-0.1, -0.05) is 19.3 Å². The highest BCUT2D eigenvalue weighted by atomic mass is 16.4. The first-order chi connectivity index (χ1) is 7.79. The van der Waals surface area contributed by atoms with Crippen molar-refractivity contribution in [1.82, 2.24) is 0 Å². The second kappa shape index (κ2) is 5.09. The molecule has 0 radical (unpaired) electrons. The summed E-state index contributed by atoms with van der Waals surface area (Å²) in [5.41, 5.74) is 0.905. The van der Waals surface area contributed by atoms with E-state index < -0.39 is 5.97 Å². The molecule has 1 saturated carbocycles. The molecule has 0 saturated heterocycles. The van der Waals surface area contributed by atoms with Crippen molar-refractivity contribution in [1.29, 1.82) is 0 Å². The van der Waals surface area contributed by atoms with E-state index in [0.717, 1.165) is 18.4 Å². The monoisotopic (exact) mass is 217 g/mol. The zero-order valence-corrected chi connectivity index (χ0v) is 9.36. The summed E-state index contributed by atoms with van der Waals surface area (Å²) in [4.78, 5) is 11.4. The summed E-state index contributed by atoms with van der Waals surface area (Å²) in [6.07, 6.45) is 16.1. The molecule has 2 heteroatoms. The molecular formula is C14H17O2+. The Balaban J connectivity index is 2.16. The van der Waals surface area contributed by atoms with Crippen LogP contribution in [0, 0.1) is 17.9 Å². The Labute approximate surface area is 96.4 Å². The van der Waals surface area contributed by atoms with Gasteiger partial charge in [-0.05, 0) is 18.8 Å². The number of carboxylic acid groups (broad SMARTS) is 1. The van der Waals surface area contributed by atoms with Crippen LogP contribution in [0.1, 0.15) is 32.1 Å². The zero-order valence-electron chi connectivity index (χ0n) is 9.36. The molecule has 0 aromatic rings. The van der Waals surface area contributed by atoms with E-state index in [-0.39, 0.29) is 5.92 Å². The fourth-order valence-electron chi connectivity index (χ4n) is 2.68. The van der Waals surface area contributed by atoms with Crippen LogP contribution in [0.25, 0.3) is 0 Å². The smallest absolute Gasteiger partial charge is 0.324 e. The van der Waals surface area contributed by atoms with Gasteiger partial charge in [0.25, 0.3) is 0 Å². The van der Waals surface area contributed by atoms with Gasteiger partial charge in [-0.2, -0.15) is 0 Å². The topological polar surface area (TPSA) is 37.3 Å². The lowest BCUT2D eigenvalue weighted by atomic mass is 9.76. The fourth-order valence-corrected chi connectivity index (χ4v) is 2.68. The average Bonchev–Trinajstić information content (AvgIpc) is 2.31. The van der Waals surface area contributed by atoms with E-state index in [2.05, 4.69) is 6.08 Å². The van der Waals surface area contributed by atoms with Gasteiger partial charge in [0, 0.05) is 12.2 Å². The Bertz CT molecular complexity index is 344. The Morgan fingerprint density at radius 3 is 2.69 bits per heavy atom. The van der Waals surface area contributed by atoms with Crippen molar-refractivity contribution in [2.75, 3.05) is 0 Å². The molecule has 2 aliphatic carbocycles. The maximum absolute atomic E-state index is 11.4. The summed E-state index contributed by atoms with van der Waals surface area (Å²) in [6, 6.07) is 0. The minimum Gasteiger partial charge on any atom is -0.480 e. The lowest BCUT2D eigenvalue weighted by Crippen LogP contribution is -2.27. The van der Waals surface area contributed by atoms with Crippen LogP contribution in [0.15, 0.2) is 29.9 Å². The normalized spacial score (nSPS) is 22.4. The Hall–Kier alpha value is -1.40. The standard InChI is InChI=1S/C14H16O2/c15-14(16)13(11-7-3-1-4-8-11)12-9-5-2-6-10-12/h1,3,7-8,12-13H,2,5-6,9-10H2/p+1. The summed E-state index contributed by atoms with van der Waals surface area (Å²) in [6.45, 7) is 0.